The molecule has 3 rings (SSSR count). The molecule has 0 unspecified atom stereocenters. The van der Waals surface area contributed by atoms with E-state index >= 15 is 0 Å². The highest BCUT2D eigenvalue weighted by Gasteiger charge is 2.12. The first kappa shape index (κ1) is 19.7. The van der Waals surface area contributed by atoms with Crippen LogP contribution in [0.5, 0.6) is 11.5 Å². The molecular weight excluding hydrogens is 376 g/mol. The van der Waals surface area contributed by atoms with Gasteiger partial charge in [-0.1, -0.05) is 24.3 Å². The molecule has 0 atom stereocenters. The fourth-order valence-corrected chi connectivity index (χ4v) is 5.03. The molecule has 0 N–H and O–H groups in total. The smallest absolute Gasteiger partial charge is 0.118 e. The summed E-state index contributed by atoms with van der Waals surface area (Å²) < 4.78 is 13.1. The van der Waals surface area contributed by atoms with E-state index in [1.807, 2.05) is 66.5 Å². The van der Waals surface area contributed by atoms with E-state index in [0.717, 1.165) is 29.5 Å². The average molecular weight is 401 g/mol. The van der Waals surface area contributed by atoms with Crippen molar-refractivity contribution < 1.29 is 9.47 Å². The summed E-state index contributed by atoms with van der Waals surface area (Å²) in [7, 11) is 3.39. The zero-order chi connectivity index (χ0) is 18.9. The minimum atomic E-state index is 0.434. The number of aromatic nitrogens is 2. The predicted molar refractivity (Wildman–Crippen MR) is 115 cm³/mol. The van der Waals surface area contributed by atoms with E-state index < -0.39 is 0 Å². The molecule has 6 heteroatoms. The number of methoxy groups -OCH3 is 2. The van der Waals surface area contributed by atoms with Crippen LogP contribution >= 0.6 is 23.5 Å². The summed E-state index contributed by atoms with van der Waals surface area (Å²) in [5.74, 6) is 3.73. The number of nitrogens with zero attached hydrogens (tertiary/aromatic N) is 2. The highest BCUT2D eigenvalue weighted by molar-refractivity contribution is 8.16. The number of ether oxygens (including phenoxy) is 2. The molecule has 0 fully saturated rings. The molecule has 1 heterocycles. The summed E-state index contributed by atoms with van der Waals surface area (Å²) in [6.07, 6.45) is 5.74. The van der Waals surface area contributed by atoms with Crippen molar-refractivity contribution in [1.29, 1.82) is 0 Å². The van der Waals surface area contributed by atoms with E-state index in [4.69, 9.17) is 9.47 Å². The van der Waals surface area contributed by atoms with Gasteiger partial charge in [0.2, 0.25) is 0 Å². The van der Waals surface area contributed by atoms with Crippen LogP contribution in [0.2, 0.25) is 0 Å². The van der Waals surface area contributed by atoms with Crippen molar-refractivity contribution in [3.8, 4) is 11.5 Å². The topological polar surface area (TPSA) is 36.3 Å². The van der Waals surface area contributed by atoms with Crippen LogP contribution < -0.4 is 9.47 Å². The normalized spacial score (nSPS) is 10.9. The Morgan fingerprint density at radius 3 is 1.78 bits per heavy atom. The average Bonchev–Trinajstić information content (AvgIpc) is 3.24. The Balaban J connectivity index is 1.58. The Labute approximate surface area is 169 Å². The van der Waals surface area contributed by atoms with Crippen LogP contribution in [0.1, 0.15) is 11.1 Å². The van der Waals surface area contributed by atoms with Crippen LogP contribution in [0.15, 0.2) is 67.3 Å². The van der Waals surface area contributed by atoms with Gasteiger partial charge in [-0.15, -0.1) is 23.5 Å². The Morgan fingerprint density at radius 1 is 0.852 bits per heavy atom. The highest BCUT2D eigenvalue weighted by Crippen LogP contribution is 2.31. The van der Waals surface area contributed by atoms with Gasteiger partial charge >= 0.3 is 0 Å². The van der Waals surface area contributed by atoms with Crippen molar-refractivity contribution in [3.63, 3.8) is 0 Å². The molecule has 3 aromatic rings. The molecule has 2 aromatic carbocycles. The number of imidazole rings is 1. The fourth-order valence-electron chi connectivity index (χ4n) is 2.54. The molecule has 0 aliphatic carbocycles. The molecule has 0 saturated carbocycles. The van der Waals surface area contributed by atoms with Crippen LogP contribution in [-0.2, 0) is 18.1 Å². The SMILES string of the molecule is COc1ccc(CSC(Cn2ccnc2)SCc2ccc(OC)cc2)cc1. The summed E-state index contributed by atoms with van der Waals surface area (Å²) in [5, 5.41) is 0. The predicted octanol–water partition coefficient (Wildman–Crippen LogP) is 5.09. The van der Waals surface area contributed by atoms with E-state index in [1.54, 1.807) is 14.2 Å². The zero-order valence-corrected chi connectivity index (χ0v) is 17.2. The van der Waals surface area contributed by atoms with Gasteiger partial charge in [-0.05, 0) is 35.4 Å². The van der Waals surface area contributed by atoms with Gasteiger partial charge in [0.25, 0.3) is 0 Å². The van der Waals surface area contributed by atoms with Gasteiger partial charge in [0, 0.05) is 30.4 Å². The summed E-state index contributed by atoms with van der Waals surface area (Å²) in [5.41, 5.74) is 2.61. The largest absolute Gasteiger partial charge is 0.497 e. The molecule has 0 spiro atoms. The first-order valence-electron chi connectivity index (χ1n) is 8.71. The molecule has 142 valence electrons. The number of hydrogen-bond donors (Lipinski definition) is 0. The number of hydrogen-bond acceptors (Lipinski definition) is 5. The third-order valence-corrected chi connectivity index (χ3v) is 6.97. The van der Waals surface area contributed by atoms with E-state index in [2.05, 4.69) is 33.8 Å². The lowest BCUT2D eigenvalue weighted by atomic mass is 10.2. The molecule has 0 aliphatic heterocycles. The van der Waals surface area contributed by atoms with Crippen LogP contribution in [-0.4, -0.2) is 28.4 Å². The monoisotopic (exact) mass is 400 g/mol. The molecule has 0 radical (unpaired) electrons. The van der Waals surface area contributed by atoms with Crippen molar-refractivity contribution in [2.24, 2.45) is 0 Å². The van der Waals surface area contributed by atoms with Crippen LogP contribution in [0, 0.1) is 0 Å². The van der Waals surface area contributed by atoms with Gasteiger partial charge in [0.15, 0.2) is 0 Å². The standard InChI is InChI=1S/C21H24N2O2S2/c1-24-19-7-3-17(4-8-19)14-26-21(13-23-12-11-22-16-23)27-15-18-5-9-20(25-2)10-6-18/h3-12,16,21H,13-15H2,1-2H3. The maximum atomic E-state index is 5.24. The van der Waals surface area contributed by atoms with Crippen LogP contribution in [0.3, 0.4) is 0 Å². The molecule has 0 aliphatic rings. The third kappa shape index (κ3) is 6.26. The second kappa shape index (κ2) is 10.3. The molecule has 1 aromatic heterocycles. The Hall–Kier alpha value is -2.05. The summed E-state index contributed by atoms with van der Waals surface area (Å²) in [4.78, 5) is 4.17. The minimum Gasteiger partial charge on any atom is -0.497 e. The molecule has 27 heavy (non-hydrogen) atoms. The van der Waals surface area contributed by atoms with Gasteiger partial charge in [0.1, 0.15) is 11.5 Å². The molecular formula is C21H24N2O2S2. The summed E-state index contributed by atoms with van der Waals surface area (Å²) in [6.45, 7) is 0.932. The quantitative estimate of drug-likeness (QED) is 0.443. The Bertz CT molecular complexity index is 739. The summed E-state index contributed by atoms with van der Waals surface area (Å²) >= 11 is 3.92. The second-order valence-electron chi connectivity index (χ2n) is 6.01. The Kier molecular flexibility index (Phi) is 7.54. The highest BCUT2D eigenvalue weighted by atomic mass is 32.2. The lowest BCUT2D eigenvalue weighted by Gasteiger charge is -2.17. The van der Waals surface area contributed by atoms with Crippen molar-refractivity contribution >= 4 is 23.5 Å². The molecule has 0 saturated heterocycles. The lowest BCUT2D eigenvalue weighted by Crippen LogP contribution is -2.09. The van der Waals surface area contributed by atoms with E-state index in [0.29, 0.717) is 4.58 Å². The van der Waals surface area contributed by atoms with Crippen LogP contribution in [0.4, 0.5) is 0 Å². The van der Waals surface area contributed by atoms with Crippen molar-refractivity contribution in [2.75, 3.05) is 14.2 Å². The first-order chi connectivity index (χ1) is 13.3. The van der Waals surface area contributed by atoms with E-state index in [-0.39, 0.29) is 0 Å². The second-order valence-corrected chi connectivity index (χ2v) is 8.69. The number of benzene rings is 2. The summed E-state index contributed by atoms with van der Waals surface area (Å²) in [6, 6.07) is 16.6. The van der Waals surface area contributed by atoms with Crippen molar-refractivity contribution in [3.05, 3.63) is 78.4 Å². The lowest BCUT2D eigenvalue weighted by molar-refractivity contribution is 0.414. The van der Waals surface area contributed by atoms with Gasteiger partial charge in [-0.25, -0.2) is 4.98 Å². The zero-order valence-electron chi connectivity index (χ0n) is 15.6. The maximum absolute atomic E-state index is 5.24. The first-order valence-corrected chi connectivity index (χ1v) is 10.8. The van der Waals surface area contributed by atoms with Gasteiger partial charge in [0.05, 0.1) is 25.1 Å². The minimum absolute atomic E-state index is 0.434. The third-order valence-electron chi connectivity index (χ3n) is 4.11. The fraction of sp³-hybridized carbons (Fsp3) is 0.286. The van der Waals surface area contributed by atoms with Crippen LogP contribution in [0.25, 0.3) is 0 Å². The number of thioether (sulfide) groups is 2. The Morgan fingerprint density at radius 2 is 1.37 bits per heavy atom. The van der Waals surface area contributed by atoms with Gasteiger partial charge in [-0.3, -0.25) is 0 Å². The van der Waals surface area contributed by atoms with E-state index in [1.165, 1.54) is 11.1 Å². The molecule has 0 bridgehead atoms. The van der Waals surface area contributed by atoms with Gasteiger partial charge in [-0.2, -0.15) is 0 Å². The van der Waals surface area contributed by atoms with Crippen molar-refractivity contribution in [2.45, 2.75) is 22.6 Å². The van der Waals surface area contributed by atoms with Crippen molar-refractivity contribution in [1.82, 2.24) is 9.55 Å². The van der Waals surface area contributed by atoms with Gasteiger partial charge < -0.3 is 14.0 Å². The molecule has 0 amide bonds. The molecule has 4 nitrogen and oxygen atoms in total. The maximum Gasteiger partial charge on any atom is 0.118 e. The van der Waals surface area contributed by atoms with E-state index in [9.17, 15) is 0 Å². The number of rotatable bonds is 10.